The molecule has 0 unspecified atom stereocenters. The Labute approximate surface area is 199 Å². The Morgan fingerprint density at radius 3 is 2.59 bits per heavy atom. The number of aromatic nitrogens is 1. The molecule has 2 atom stereocenters. The van der Waals surface area contributed by atoms with Gasteiger partial charge in [-0.05, 0) is 37.6 Å². The summed E-state index contributed by atoms with van der Waals surface area (Å²) in [7, 11) is -2.60. The van der Waals surface area contributed by atoms with Gasteiger partial charge in [0.25, 0.3) is 16.0 Å². The number of carbonyl (C=O) groups excluding carboxylic acids is 1. The van der Waals surface area contributed by atoms with E-state index < -0.39 is 45.5 Å². The molecule has 1 saturated heterocycles. The lowest BCUT2D eigenvalue weighted by atomic mass is 10.1. The van der Waals surface area contributed by atoms with Crippen LogP contribution in [-0.4, -0.2) is 51.3 Å². The topological polar surface area (TPSA) is 104 Å². The van der Waals surface area contributed by atoms with E-state index >= 15 is 0 Å². The summed E-state index contributed by atoms with van der Waals surface area (Å²) < 4.78 is 69.7. The van der Waals surface area contributed by atoms with E-state index in [0.717, 1.165) is 12.3 Å². The average molecular weight is 517 g/mol. The first-order valence-electron chi connectivity index (χ1n) is 9.90. The van der Waals surface area contributed by atoms with Gasteiger partial charge >= 0.3 is 6.18 Å². The molecule has 1 aromatic carbocycles. The van der Waals surface area contributed by atoms with Crippen molar-refractivity contribution >= 4 is 39.1 Å². The van der Waals surface area contributed by atoms with E-state index in [-0.39, 0.29) is 24.5 Å². The predicted molar refractivity (Wildman–Crippen MR) is 119 cm³/mol. The highest BCUT2D eigenvalue weighted by atomic mass is 35.5. The van der Waals surface area contributed by atoms with Gasteiger partial charge < -0.3 is 9.80 Å². The van der Waals surface area contributed by atoms with Crippen molar-refractivity contribution in [2.75, 3.05) is 29.6 Å². The Balaban J connectivity index is 2.14. The molecule has 34 heavy (non-hydrogen) atoms. The van der Waals surface area contributed by atoms with Crippen molar-refractivity contribution in [1.82, 2.24) is 4.98 Å². The lowest BCUT2D eigenvalue weighted by molar-refractivity contribution is -0.137. The number of alkyl halides is 3. The molecule has 1 aliphatic rings. The summed E-state index contributed by atoms with van der Waals surface area (Å²) in [6.45, 7) is 1.26. The third-order valence-electron chi connectivity index (χ3n) is 5.24. The highest BCUT2D eigenvalue weighted by Gasteiger charge is 2.46. The third-order valence-corrected chi connectivity index (χ3v) is 6.07. The minimum Gasteiger partial charge on any atom is -0.341 e. The summed E-state index contributed by atoms with van der Waals surface area (Å²) in [6.07, 6.45) is -5.25. The van der Waals surface area contributed by atoms with Gasteiger partial charge in [-0.25, -0.2) is 4.98 Å². The van der Waals surface area contributed by atoms with Crippen LogP contribution in [-0.2, 0) is 25.3 Å². The fourth-order valence-electron chi connectivity index (χ4n) is 3.83. The van der Waals surface area contributed by atoms with Crippen molar-refractivity contribution in [3.8, 4) is 6.07 Å². The van der Waals surface area contributed by atoms with Gasteiger partial charge in [0, 0.05) is 30.0 Å². The van der Waals surface area contributed by atoms with E-state index in [1.54, 1.807) is 24.3 Å². The quantitative estimate of drug-likeness (QED) is 0.560. The lowest BCUT2D eigenvalue weighted by Crippen LogP contribution is -2.50. The molecule has 1 fully saturated rings. The van der Waals surface area contributed by atoms with Crippen molar-refractivity contribution in [2.45, 2.75) is 31.7 Å². The molecule has 2 aromatic rings. The van der Waals surface area contributed by atoms with Gasteiger partial charge in [0.05, 0.1) is 11.8 Å². The number of rotatable bonds is 5. The molecule has 13 heteroatoms. The molecule has 0 N–H and O–H groups in total. The third kappa shape index (κ3) is 5.43. The van der Waals surface area contributed by atoms with Crippen LogP contribution in [0.25, 0.3) is 0 Å². The largest absolute Gasteiger partial charge is 0.417 e. The van der Waals surface area contributed by atoms with Crippen molar-refractivity contribution < 1.29 is 30.6 Å². The summed E-state index contributed by atoms with van der Waals surface area (Å²) in [5, 5.41) is 9.89. The van der Waals surface area contributed by atoms with Gasteiger partial charge in [-0.1, -0.05) is 17.7 Å². The number of halogens is 4. The zero-order chi connectivity index (χ0) is 25.4. The summed E-state index contributed by atoms with van der Waals surface area (Å²) in [6, 6.07) is 7.19. The van der Waals surface area contributed by atoms with E-state index in [9.17, 15) is 31.6 Å². The molecule has 0 spiro atoms. The number of pyridine rings is 1. The predicted octanol–water partition coefficient (Wildman–Crippen LogP) is 3.52. The summed E-state index contributed by atoms with van der Waals surface area (Å²) in [5.41, 5.74) is -1.61. The molecular weight excluding hydrogens is 497 g/mol. The van der Waals surface area contributed by atoms with Crippen LogP contribution in [0.15, 0.2) is 30.3 Å². The maximum atomic E-state index is 13.6. The lowest BCUT2D eigenvalue weighted by Gasteiger charge is -2.32. The van der Waals surface area contributed by atoms with Gasteiger partial charge in [0.2, 0.25) is 0 Å². The number of hydrogen-bond acceptors (Lipinski definition) is 7. The molecule has 1 aromatic heterocycles. The molecule has 182 valence electrons. The molecule has 0 aliphatic carbocycles. The zero-order valence-electron chi connectivity index (χ0n) is 18.3. The number of nitrogens with zero attached hydrogens (tertiary/aromatic N) is 4. The second kappa shape index (κ2) is 9.40. The van der Waals surface area contributed by atoms with Gasteiger partial charge in [0.1, 0.15) is 29.6 Å². The van der Waals surface area contributed by atoms with Crippen molar-refractivity contribution in [3.05, 3.63) is 52.2 Å². The number of carbonyl (C=O) groups is 1. The number of benzene rings is 1. The van der Waals surface area contributed by atoms with Crippen LogP contribution in [0.1, 0.15) is 23.2 Å². The van der Waals surface area contributed by atoms with E-state index in [4.69, 9.17) is 15.8 Å². The fourth-order valence-corrected chi connectivity index (χ4v) is 4.66. The Morgan fingerprint density at radius 2 is 2.03 bits per heavy atom. The number of nitriles is 1. The first kappa shape index (κ1) is 25.7. The maximum Gasteiger partial charge on any atom is 0.417 e. The minimum atomic E-state index is -4.84. The van der Waals surface area contributed by atoms with Gasteiger partial charge in [0.15, 0.2) is 0 Å². The standard InChI is InChI=1S/C21H20ClF3N4O4S/c1-12-9-16(21(23,24)25)15(11-26)19(27-12)29-8-7-17(33-34(3,31)32)18(29)20(30)28(2)14-6-4-5-13(22)10-14/h4-6,9-10,17-18H,7-8H2,1-3H3/t17-,18-/m0/s1. The van der Waals surface area contributed by atoms with Crippen LogP contribution >= 0.6 is 11.6 Å². The monoisotopic (exact) mass is 516 g/mol. The van der Waals surface area contributed by atoms with Crippen LogP contribution < -0.4 is 9.80 Å². The smallest absolute Gasteiger partial charge is 0.341 e. The molecule has 2 heterocycles. The number of likely N-dealkylation sites (N-methyl/N-ethyl adjacent to an activating group) is 1. The summed E-state index contributed by atoms with van der Waals surface area (Å²) >= 11 is 6.01. The molecule has 1 amide bonds. The van der Waals surface area contributed by atoms with Crippen LogP contribution in [0.5, 0.6) is 0 Å². The van der Waals surface area contributed by atoms with E-state index in [1.807, 2.05) is 0 Å². The molecule has 3 rings (SSSR count). The minimum absolute atomic E-state index is 0.00525. The first-order chi connectivity index (χ1) is 15.7. The summed E-state index contributed by atoms with van der Waals surface area (Å²) in [5.74, 6) is -1.04. The first-order valence-corrected chi connectivity index (χ1v) is 12.1. The Hall–Kier alpha value is -2.88. The molecule has 0 radical (unpaired) electrons. The van der Waals surface area contributed by atoms with Gasteiger partial charge in [-0.15, -0.1) is 0 Å². The Morgan fingerprint density at radius 1 is 1.35 bits per heavy atom. The fraction of sp³-hybridized carbons (Fsp3) is 0.381. The molecular formula is C21H20ClF3N4O4S. The molecule has 8 nitrogen and oxygen atoms in total. The Kier molecular flexibility index (Phi) is 7.12. The van der Waals surface area contributed by atoms with E-state index in [1.165, 1.54) is 29.8 Å². The SMILES string of the molecule is Cc1cc(C(F)(F)F)c(C#N)c(N2CC[C@H](OS(C)(=O)=O)[C@H]2C(=O)N(C)c2cccc(Cl)c2)n1. The second-order valence-electron chi connectivity index (χ2n) is 7.76. The van der Waals surface area contributed by atoms with Crippen LogP contribution in [0, 0.1) is 18.3 Å². The number of amides is 1. The zero-order valence-corrected chi connectivity index (χ0v) is 19.9. The average Bonchev–Trinajstić information content (AvgIpc) is 3.12. The van der Waals surface area contributed by atoms with E-state index in [2.05, 4.69) is 4.98 Å². The van der Waals surface area contributed by atoms with Crippen LogP contribution in [0.4, 0.5) is 24.7 Å². The molecule has 0 bridgehead atoms. The highest BCUT2D eigenvalue weighted by Crippen LogP contribution is 2.38. The van der Waals surface area contributed by atoms with Crippen LogP contribution in [0.2, 0.25) is 5.02 Å². The van der Waals surface area contributed by atoms with E-state index in [0.29, 0.717) is 10.7 Å². The number of anilines is 2. The molecule has 1 aliphatic heterocycles. The van der Waals surface area contributed by atoms with Crippen LogP contribution in [0.3, 0.4) is 0 Å². The second-order valence-corrected chi connectivity index (χ2v) is 9.80. The Bertz CT molecular complexity index is 1260. The summed E-state index contributed by atoms with van der Waals surface area (Å²) in [4.78, 5) is 20.0. The highest BCUT2D eigenvalue weighted by molar-refractivity contribution is 7.86. The normalized spacial score (nSPS) is 18.6. The number of hydrogen-bond donors (Lipinski definition) is 0. The molecule has 0 saturated carbocycles. The van der Waals surface area contributed by atoms with Crippen molar-refractivity contribution in [1.29, 1.82) is 5.26 Å². The van der Waals surface area contributed by atoms with Crippen molar-refractivity contribution in [2.24, 2.45) is 0 Å². The van der Waals surface area contributed by atoms with Gasteiger partial charge in [-0.3, -0.25) is 8.98 Å². The number of aryl methyl sites for hydroxylation is 1. The van der Waals surface area contributed by atoms with Gasteiger partial charge in [-0.2, -0.15) is 26.9 Å². The maximum absolute atomic E-state index is 13.6. The van der Waals surface area contributed by atoms with Crippen molar-refractivity contribution in [3.63, 3.8) is 0 Å².